The second-order valence-corrected chi connectivity index (χ2v) is 9.24. The molecule has 1 saturated heterocycles. The smallest absolute Gasteiger partial charge is 0.256 e. The molecule has 2 N–H and O–H groups in total. The van der Waals surface area contributed by atoms with Gasteiger partial charge in [0.25, 0.3) is 5.91 Å². The van der Waals surface area contributed by atoms with Gasteiger partial charge in [0, 0.05) is 37.1 Å². The molecule has 0 unspecified atom stereocenters. The van der Waals surface area contributed by atoms with Gasteiger partial charge in [-0.1, -0.05) is 13.0 Å². The normalized spacial score (nSPS) is 19.9. The molecule has 0 atom stereocenters. The highest BCUT2D eigenvalue weighted by atomic mass is 32.2. The number of aryl methyl sites for hydroxylation is 1. The number of aromatic nitrogens is 2. The standard InChI is InChI=1S/C20H25N5O3S/c1-3-24-8-5-9-25(11-10-24)29(27,28)17-7-4-6-16-19(17)15(20(26)23-16)12-18-21-13-14(2)22-18/h4,6-7,12-13H,3,5,8-11H2,1-2H3,(H,21,22)(H,23,26)/b15-12-. The second kappa shape index (κ2) is 7.74. The summed E-state index contributed by atoms with van der Waals surface area (Å²) in [5.74, 6) is 0.186. The Morgan fingerprint density at radius 3 is 2.76 bits per heavy atom. The van der Waals surface area contributed by atoms with Crippen molar-refractivity contribution < 1.29 is 13.2 Å². The number of imidazole rings is 1. The lowest BCUT2D eigenvalue weighted by molar-refractivity contribution is -0.110. The number of H-pyrrole nitrogens is 1. The molecule has 0 spiro atoms. The van der Waals surface area contributed by atoms with Gasteiger partial charge in [-0.3, -0.25) is 4.79 Å². The van der Waals surface area contributed by atoms with E-state index in [1.807, 2.05) is 6.92 Å². The molecule has 3 heterocycles. The molecule has 0 saturated carbocycles. The third kappa shape index (κ3) is 3.73. The summed E-state index contributed by atoms with van der Waals surface area (Å²) in [6, 6.07) is 4.97. The molecule has 0 aliphatic carbocycles. The van der Waals surface area contributed by atoms with Crippen molar-refractivity contribution in [1.29, 1.82) is 0 Å². The van der Waals surface area contributed by atoms with E-state index in [1.165, 1.54) is 4.31 Å². The molecular weight excluding hydrogens is 390 g/mol. The number of benzene rings is 1. The zero-order chi connectivity index (χ0) is 20.6. The minimum Gasteiger partial charge on any atom is -0.343 e. The molecule has 9 heteroatoms. The fraction of sp³-hybridized carbons (Fsp3) is 0.400. The molecule has 29 heavy (non-hydrogen) atoms. The quantitative estimate of drug-likeness (QED) is 0.744. The molecule has 0 bridgehead atoms. The highest BCUT2D eigenvalue weighted by molar-refractivity contribution is 7.89. The molecule has 1 fully saturated rings. The number of sulfonamides is 1. The molecular formula is C20H25N5O3S. The van der Waals surface area contributed by atoms with E-state index in [0.717, 1.165) is 25.2 Å². The van der Waals surface area contributed by atoms with Gasteiger partial charge in [-0.05, 0) is 44.6 Å². The van der Waals surface area contributed by atoms with Crippen LogP contribution in [0.25, 0.3) is 11.6 Å². The number of anilines is 1. The van der Waals surface area contributed by atoms with Crippen LogP contribution in [0, 0.1) is 6.92 Å². The van der Waals surface area contributed by atoms with Gasteiger partial charge < -0.3 is 15.2 Å². The molecule has 1 aromatic carbocycles. The predicted octanol–water partition coefficient (Wildman–Crippen LogP) is 1.93. The van der Waals surface area contributed by atoms with Crippen molar-refractivity contribution in [3.8, 4) is 0 Å². The zero-order valence-electron chi connectivity index (χ0n) is 16.6. The number of aromatic amines is 1. The first kappa shape index (κ1) is 19.8. The van der Waals surface area contributed by atoms with Crippen molar-refractivity contribution in [3.63, 3.8) is 0 Å². The predicted molar refractivity (Wildman–Crippen MR) is 112 cm³/mol. The van der Waals surface area contributed by atoms with E-state index in [1.54, 1.807) is 30.5 Å². The number of hydrogen-bond donors (Lipinski definition) is 2. The highest BCUT2D eigenvalue weighted by Gasteiger charge is 2.35. The van der Waals surface area contributed by atoms with Crippen molar-refractivity contribution in [3.05, 3.63) is 41.5 Å². The number of fused-ring (bicyclic) bond motifs is 1. The van der Waals surface area contributed by atoms with Gasteiger partial charge in [-0.2, -0.15) is 4.31 Å². The Hall–Kier alpha value is -2.49. The minimum absolute atomic E-state index is 0.160. The zero-order valence-corrected chi connectivity index (χ0v) is 17.4. The molecule has 4 rings (SSSR count). The summed E-state index contributed by atoms with van der Waals surface area (Å²) < 4.78 is 28.6. The molecule has 1 aromatic heterocycles. The third-order valence-corrected chi connectivity index (χ3v) is 7.35. The molecule has 2 aliphatic heterocycles. The van der Waals surface area contributed by atoms with Gasteiger partial charge in [-0.15, -0.1) is 0 Å². The molecule has 154 valence electrons. The van der Waals surface area contributed by atoms with E-state index in [2.05, 4.69) is 27.1 Å². The molecule has 0 radical (unpaired) electrons. The number of nitrogens with one attached hydrogen (secondary N) is 2. The van der Waals surface area contributed by atoms with Crippen LogP contribution >= 0.6 is 0 Å². The van der Waals surface area contributed by atoms with Crippen LogP contribution in [0.15, 0.2) is 29.3 Å². The Morgan fingerprint density at radius 2 is 2.03 bits per heavy atom. The van der Waals surface area contributed by atoms with Crippen LogP contribution < -0.4 is 5.32 Å². The minimum atomic E-state index is -3.74. The highest BCUT2D eigenvalue weighted by Crippen LogP contribution is 2.38. The largest absolute Gasteiger partial charge is 0.343 e. The van der Waals surface area contributed by atoms with E-state index in [-0.39, 0.29) is 10.8 Å². The van der Waals surface area contributed by atoms with E-state index in [4.69, 9.17) is 0 Å². The number of carbonyl (C=O) groups is 1. The lowest BCUT2D eigenvalue weighted by Crippen LogP contribution is -2.35. The molecule has 2 aromatic rings. The van der Waals surface area contributed by atoms with Crippen LogP contribution in [-0.2, 0) is 14.8 Å². The second-order valence-electron chi connectivity index (χ2n) is 7.33. The van der Waals surface area contributed by atoms with Crippen molar-refractivity contribution in [1.82, 2.24) is 19.2 Å². The number of carbonyl (C=O) groups excluding carboxylic acids is 1. The average Bonchev–Trinajstić information content (AvgIpc) is 3.13. The number of likely N-dealkylation sites (N-methyl/N-ethyl adjacent to an activating group) is 1. The number of amides is 1. The van der Waals surface area contributed by atoms with Gasteiger partial charge in [0.15, 0.2) is 0 Å². The van der Waals surface area contributed by atoms with Crippen molar-refractivity contribution in [2.45, 2.75) is 25.2 Å². The topological polar surface area (TPSA) is 98.4 Å². The van der Waals surface area contributed by atoms with Crippen molar-refractivity contribution in [2.24, 2.45) is 0 Å². The van der Waals surface area contributed by atoms with Gasteiger partial charge in [0.2, 0.25) is 10.0 Å². The van der Waals surface area contributed by atoms with Gasteiger partial charge in [0.05, 0.1) is 16.2 Å². The van der Waals surface area contributed by atoms with E-state index in [9.17, 15) is 13.2 Å². The van der Waals surface area contributed by atoms with E-state index >= 15 is 0 Å². The van der Waals surface area contributed by atoms with E-state index in [0.29, 0.717) is 42.3 Å². The number of nitrogens with zero attached hydrogens (tertiary/aromatic N) is 3. The summed E-state index contributed by atoms with van der Waals surface area (Å²) >= 11 is 0. The molecule has 8 nitrogen and oxygen atoms in total. The Bertz CT molecular complexity index is 1070. The number of hydrogen-bond acceptors (Lipinski definition) is 5. The van der Waals surface area contributed by atoms with Crippen LogP contribution in [0.4, 0.5) is 5.69 Å². The summed E-state index contributed by atoms with van der Waals surface area (Å²) in [5, 5.41) is 2.78. The monoisotopic (exact) mass is 415 g/mol. The summed E-state index contributed by atoms with van der Waals surface area (Å²) in [7, 11) is -3.74. The van der Waals surface area contributed by atoms with Crippen LogP contribution in [0.1, 0.15) is 30.4 Å². The average molecular weight is 416 g/mol. The van der Waals surface area contributed by atoms with Crippen LogP contribution in [0.5, 0.6) is 0 Å². The van der Waals surface area contributed by atoms with Crippen molar-refractivity contribution in [2.75, 3.05) is 38.0 Å². The maximum absolute atomic E-state index is 13.5. The lowest BCUT2D eigenvalue weighted by atomic mass is 10.1. The first-order valence-corrected chi connectivity index (χ1v) is 11.2. The Balaban J connectivity index is 1.76. The Kier molecular flexibility index (Phi) is 5.28. The van der Waals surface area contributed by atoms with Crippen LogP contribution in [-0.4, -0.2) is 66.2 Å². The summed E-state index contributed by atoms with van der Waals surface area (Å²) in [5.41, 5.74) is 2.10. The summed E-state index contributed by atoms with van der Waals surface area (Å²) in [6.07, 6.45) is 4.06. The SMILES string of the molecule is CCN1CCCN(S(=O)(=O)c2cccc3c2/C(=C/c2ncc(C)[nH]2)C(=O)N3)CC1. The first-order valence-electron chi connectivity index (χ1n) is 9.80. The van der Waals surface area contributed by atoms with Crippen LogP contribution in [0.3, 0.4) is 0 Å². The maximum Gasteiger partial charge on any atom is 0.256 e. The van der Waals surface area contributed by atoms with Gasteiger partial charge in [-0.25, -0.2) is 13.4 Å². The van der Waals surface area contributed by atoms with Gasteiger partial charge in [0.1, 0.15) is 5.82 Å². The van der Waals surface area contributed by atoms with Gasteiger partial charge >= 0.3 is 0 Å². The van der Waals surface area contributed by atoms with E-state index < -0.39 is 10.0 Å². The van der Waals surface area contributed by atoms with Crippen LogP contribution in [0.2, 0.25) is 0 Å². The first-order chi connectivity index (χ1) is 13.9. The summed E-state index contributed by atoms with van der Waals surface area (Å²) in [6.45, 7) is 7.36. The van der Waals surface area contributed by atoms with Crippen molar-refractivity contribution >= 4 is 33.3 Å². The Morgan fingerprint density at radius 1 is 1.21 bits per heavy atom. The Labute approximate surface area is 170 Å². The third-order valence-electron chi connectivity index (χ3n) is 5.40. The fourth-order valence-electron chi connectivity index (χ4n) is 3.85. The lowest BCUT2D eigenvalue weighted by Gasteiger charge is -2.22. The fourth-order valence-corrected chi connectivity index (χ4v) is 5.55. The molecule has 2 aliphatic rings. The molecule has 1 amide bonds. The number of rotatable bonds is 4. The summed E-state index contributed by atoms with van der Waals surface area (Å²) in [4.78, 5) is 22.3. The maximum atomic E-state index is 13.5.